The van der Waals surface area contributed by atoms with E-state index in [2.05, 4.69) is 10.3 Å². The summed E-state index contributed by atoms with van der Waals surface area (Å²) in [6, 6.07) is 36.2. The molecule has 0 saturated carbocycles. The van der Waals surface area contributed by atoms with Gasteiger partial charge in [-0.1, -0.05) is 12.1 Å². The molecule has 5 aromatic carbocycles. The van der Waals surface area contributed by atoms with E-state index in [1.807, 2.05) is 16.8 Å². The first-order valence-corrected chi connectivity index (χ1v) is 24.6. The van der Waals surface area contributed by atoms with E-state index in [-0.39, 0.29) is 93.5 Å². The zero-order valence-corrected chi connectivity index (χ0v) is 45.4. The van der Waals surface area contributed by atoms with Crippen LogP contribution < -0.4 is 25.3 Å². The fraction of sp³-hybridized carbons (Fsp3) is 0.0526. The number of anilines is 1. The number of para-hydroxylation sites is 1. The average molecular weight is 1160 g/mol. The minimum atomic E-state index is -0.967. The fourth-order valence-electron chi connectivity index (χ4n) is 8.75. The van der Waals surface area contributed by atoms with E-state index in [1.54, 1.807) is 67.1 Å². The summed E-state index contributed by atoms with van der Waals surface area (Å²) < 4.78 is 97.9. The molecule has 0 saturated heterocycles. The molecular weight excluding hydrogens is 1120 g/mol. The predicted molar refractivity (Wildman–Crippen MR) is 276 cm³/mol. The third kappa shape index (κ3) is 11.4. The summed E-state index contributed by atoms with van der Waals surface area (Å²) in [6.45, 7) is 0.476. The molecule has 8 nitrogen and oxygen atoms in total. The maximum Gasteiger partial charge on any atom is 0.262 e. The second kappa shape index (κ2) is 24.6. The summed E-state index contributed by atoms with van der Waals surface area (Å²) >= 11 is 19.1. The quantitative estimate of drug-likeness (QED) is 0.0704. The van der Waals surface area contributed by atoms with Gasteiger partial charge in [0.15, 0.2) is 34.9 Å². The van der Waals surface area contributed by atoms with E-state index in [0.29, 0.717) is 29.3 Å². The number of fused-ring (bicyclic) bond motifs is 8. The van der Waals surface area contributed by atoms with Crippen LogP contribution in [0.2, 0.25) is 0 Å². The standard InChI is InChI=1S/C55H31F6N7O.2CH2Cl2.Zn/c56-33-10-4-11-34(57)49(33)52-42-19-17-40(63-42)48(32-9-1-2-16-39(32)67-55(69)31-8-3-7-30(27-31)28-68-26-25-62-29-68)41-18-20-43(64-41)53(50-35(58)12-5-13-36(50)59)45-22-24-47(66-45)54(46-23-21-44(52)65-46)51-37(60)14-6-15-38(51)61;2*2-1-3;/h1-27,29H,28H2,(H,67,69);2*1H2;. The van der Waals surface area contributed by atoms with E-state index in [0.717, 1.165) is 42.0 Å². The Bertz CT molecular complexity index is 3380. The monoisotopic (exact) mass is 1150 g/mol. The molecule has 0 spiro atoms. The zero-order valence-electron chi connectivity index (χ0n) is 39.4. The second-order valence-electron chi connectivity index (χ2n) is 16.3. The van der Waals surface area contributed by atoms with E-state index < -0.39 is 57.5 Å². The topological polar surface area (TPSA) is 103 Å². The SMILES string of the molecule is ClCCl.ClCCl.O=C(Nc1ccccc1[C+]1c2ccc([n-]2)[C+](c2c(F)cccc2F)c2ccc([n-]2)[C+](c2c(F)cccc2F)c2ccc([n-]2)[C+](c2c(F)cccc2F)c2ccc1[n-]2)c1cccc(Cn2ccnc2)c1.[Zn]. The summed E-state index contributed by atoms with van der Waals surface area (Å²) in [5.41, 5.74) is 0.983. The van der Waals surface area contributed by atoms with Gasteiger partial charge in [0.2, 0.25) is 0 Å². The average Bonchev–Trinajstić information content (AvgIpc) is 4.27. The van der Waals surface area contributed by atoms with Crippen LogP contribution in [-0.2, 0) is 26.0 Å². The molecule has 11 rings (SSSR count). The number of hydrogen-bond acceptors (Lipinski definition) is 2. The second-order valence-corrected chi connectivity index (χ2v) is 17.9. The van der Waals surface area contributed by atoms with Crippen molar-refractivity contribution in [3.8, 4) is 0 Å². The van der Waals surface area contributed by atoms with Crippen molar-refractivity contribution in [3.63, 3.8) is 0 Å². The number of alkyl halides is 4. The third-order valence-electron chi connectivity index (χ3n) is 11.8. The van der Waals surface area contributed by atoms with Crippen molar-refractivity contribution in [3.05, 3.63) is 308 Å². The Morgan fingerprint density at radius 2 is 0.842 bits per heavy atom. The summed E-state index contributed by atoms with van der Waals surface area (Å²) in [7, 11) is 0. The van der Waals surface area contributed by atoms with Gasteiger partial charge in [-0.3, -0.25) is 10.1 Å². The zero-order chi connectivity index (χ0) is 52.8. The number of carbonyl (C=O) groups is 1. The molecule has 6 heterocycles. The van der Waals surface area contributed by atoms with Crippen LogP contribution in [0.5, 0.6) is 0 Å². The Labute approximate surface area is 465 Å². The number of amides is 1. The van der Waals surface area contributed by atoms with Gasteiger partial charge in [0, 0.05) is 159 Å². The van der Waals surface area contributed by atoms with Gasteiger partial charge in [-0.05, 0) is 99.6 Å². The molecular formula is C57H35Cl4F6N7OZn. The molecule has 0 radical (unpaired) electrons. The third-order valence-corrected chi connectivity index (χ3v) is 11.8. The van der Waals surface area contributed by atoms with Crippen molar-refractivity contribution in [1.82, 2.24) is 29.5 Å². The predicted octanol–water partition coefficient (Wildman–Crippen LogP) is 13.1. The number of imidazole rings is 1. The number of nitrogens with zero attached hydrogens (tertiary/aromatic N) is 6. The van der Waals surface area contributed by atoms with Gasteiger partial charge in [0.25, 0.3) is 5.91 Å². The van der Waals surface area contributed by atoms with Crippen LogP contribution in [0, 0.1) is 58.6 Å². The van der Waals surface area contributed by atoms with Crippen LogP contribution in [0.3, 0.4) is 0 Å². The molecule has 10 aromatic rings. The normalized spacial score (nSPS) is 11.8. The summed E-state index contributed by atoms with van der Waals surface area (Å²) in [5.74, 6) is -6.10. The number of rotatable bonds is 8. The van der Waals surface area contributed by atoms with Gasteiger partial charge in [-0.15, -0.1) is 46.4 Å². The maximum absolute atomic E-state index is 16.1. The van der Waals surface area contributed by atoms with E-state index in [4.69, 9.17) is 66.3 Å². The molecule has 0 fully saturated rings. The smallest absolute Gasteiger partial charge is 0.262 e. The van der Waals surface area contributed by atoms with E-state index in [9.17, 15) is 4.79 Å². The van der Waals surface area contributed by atoms with Crippen molar-refractivity contribution < 1.29 is 50.6 Å². The van der Waals surface area contributed by atoms with Gasteiger partial charge in [-0.2, -0.15) is 26.3 Å². The Hall–Kier alpha value is -7.26. The molecule has 0 atom stereocenters. The van der Waals surface area contributed by atoms with Gasteiger partial charge >= 0.3 is 0 Å². The van der Waals surface area contributed by atoms with Gasteiger partial charge in [0.05, 0.1) is 17.0 Å². The first kappa shape index (κ1) is 55.0. The van der Waals surface area contributed by atoms with Crippen LogP contribution in [0.4, 0.5) is 32.0 Å². The molecule has 1 amide bonds. The van der Waals surface area contributed by atoms with Crippen LogP contribution >= 0.6 is 46.4 Å². The molecule has 0 unspecified atom stereocenters. The molecule has 1 aliphatic rings. The van der Waals surface area contributed by atoms with Crippen molar-refractivity contribution in [2.75, 3.05) is 16.0 Å². The minimum Gasteiger partial charge on any atom is -0.628 e. The molecule has 1 aliphatic heterocycles. The van der Waals surface area contributed by atoms with E-state index in [1.165, 1.54) is 54.6 Å². The molecule has 376 valence electrons. The van der Waals surface area contributed by atoms with Crippen molar-refractivity contribution in [2.24, 2.45) is 0 Å². The molecule has 1 N–H and O–H groups in total. The fourth-order valence-corrected chi connectivity index (χ4v) is 8.75. The van der Waals surface area contributed by atoms with Crippen molar-refractivity contribution >= 4 is 58.0 Å². The van der Waals surface area contributed by atoms with Crippen LogP contribution in [0.15, 0.2) is 170 Å². The Kier molecular flexibility index (Phi) is 17.8. The van der Waals surface area contributed by atoms with Crippen LogP contribution in [0.25, 0.3) is 0 Å². The Balaban J connectivity index is 0.00000105. The molecule has 19 heteroatoms. The van der Waals surface area contributed by atoms with Crippen LogP contribution in [-0.4, -0.2) is 26.1 Å². The number of aromatic nitrogens is 6. The number of benzene rings is 5. The van der Waals surface area contributed by atoms with E-state index >= 15 is 26.3 Å². The summed E-state index contributed by atoms with van der Waals surface area (Å²) in [4.78, 5) is 37.7. The first-order chi connectivity index (χ1) is 36.4. The van der Waals surface area contributed by atoms with Gasteiger partial charge in [0.1, 0.15) is 27.9 Å². The Morgan fingerprint density at radius 1 is 0.487 bits per heavy atom. The number of nitrogens with one attached hydrogen (secondary N) is 1. The number of carbonyl (C=O) groups excluding carboxylic acids is 1. The Morgan fingerprint density at radius 3 is 1.21 bits per heavy atom. The molecule has 5 aromatic heterocycles. The molecule has 0 aliphatic carbocycles. The van der Waals surface area contributed by atoms with Gasteiger partial charge < -0.3 is 24.5 Å². The number of halogens is 10. The summed E-state index contributed by atoms with van der Waals surface area (Å²) in [5, 5.41) is 3.43. The maximum atomic E-state index is 16.1. The summed E-state index contributed by atoms with van der Waals surface area (Å²) in [6.07, 6.45) is 5.15. The molecule has 76 heavy (non-hydrogen) atoms. The minimum absolute atomic E-state index is 0. The van der Waals surface area contributed by atoms with Crippen molar-refractivity contribution in [2.45, 2.75) is 6.54 Å². The first-order valence-electron chi connectivity index (χ1n) is 22.5. The van der Waals surface area contributed by atoms with Crippen molar-refractivity contribution in [1.29, 1.82) is 0 Å². The molecule has 8 bridgehead atoms. The van der Waals surface area contributed by atoms with Gasteiger partial charge in [-0.25, -0.2) is 4.98 Å². The van der Waals surface area contributed by atoms with Crippen LogP contribution in [0.1, 0.15) is 83.7 Å². The largest absolute Gasteiger partial charge is 0.628 e. The number of hydrogen-bond donors (Lipinski definition) is 1.